The molecule has 0 bridgehead atoms. The maximum atomic E-state index is 8.89. The lowest BCUT2D eigenvalue weighted by Gasteiger charge is -2.34. The lowest BCUT2D eigenvalue weighted by atomic mass is 9.83. The van der Waals surface area contributed by atoms with E-state index >= 15 is 0 Å². The Balaban J connectivity index is 1.47. The van der Waals surface area contributed by atoms with Crippen LogP contribution in [0.3, 0.4) is 0 Å². The van der Waals surface area contributed by atoms with Crippen molar-refractivity contribution in [2.45, 2.75) is 63.8 Å². The fourth-order valence-corrected chi connectivity index (χ4v) is 5.52. The zero-order valence-electron chi connectivity index (χ0n) is 21.0. The van der Waals surface area contributed by atoms with Gasteiger partial charge in [0.05, 0.1) is 29.9 Å². The number of hydrogen-bond donors (Lipinski definition) is 1. The van der Waals surface area contributed by atoms with Crippen molar-refractivity contribution in [3.8, 4) is 23.1 Å². The summed E-state index contributed by atoms with van der Waals surface area (Å²) in [6, 6.07) is 9.22. The number of nitrogens with zero attached hydrogens (tertiary/aromatic N) is 6. The molecule has 1 aliphatic rings. The van der Waals surface area contributed by atoms with Crippen LogP contribution in [0.4, 0.5) is 0 Å². The molecular weight excluding hydrogens is 438 g/mol. The zero-order valence-corrected chi connectivity index (χ0v) is 21.0. The Bertz CT molecular complexity index is 1370. The maximum absolute atomic E-state index is 8.89. The highest BCUT2D eigenvalue weighted by molar-refractivity contribution is 5.89. The molecule has 5 rings (SSSR count). The summed E-state index contributed by atoms with van der Waals surface area (Å²) in [4.78, 5) is 15.5. The molecule has 0 amide bonds. The van der Waals surface area contributed by atoms with Crippen molar-refractivity contribution in [3.05, 3.63) is 42.0 Å². The Labute approximate surface area is 205 Å². The van der Waals surface area contributed by atoms with Gasteiger partial charge in [0.2, 0.25) is 0 Å². The average Bonchev–Trinajstić information content (AvgIpc) is 3.51. The van der Waals surface area contributed by atoms with E-state index < -0.39 is 0 Å². The highest BCUT2D eigenvalue weighted by atomic mass is 16.5. The monoisotopic (exact) mass is 471 g/mol. The lowest BCUT2D eigenvalue weighted by molar-refractivity contribution is 0.185. The van der Waals surface area contributed by atoms with Gasteiger partial charge in [-0.3, -0.25) is 4.98 Å². The van der Waals surface area contributed by atoms with E-state index in [0.29, 0.717) is 35.7 Å². The van der Waals surface area contributed by atoms with Crippen molar-refractivity contribution in [2.24, 2.45) is 0 Å². The van der Waals surface area contributed by atoms with Crippen LogP contribution in [0.1, 0.15) is 69.0 Å². The molecule has 4 aromatic rings. The molecule has 0 unspecified atom stereocenters. The highest BCUT2D eigenvalue weighted by Crippen LogP contribution is 2.39. The molecule has 1 aliphatic carbocycles. The summed E-state index contributed by atoms with van der Waals surface area (Å²) in [6.45, 7) is 5.28. The number of nitriles is 1. The van der Waals surface area contributed by atoms with Crippen LogP contribution < -0.4 is 4.74 Å². The first kappa shape index (κ1) is 23.3. The third kappa shape index (κ3) is 4.37. The molecule has 0 aliphatic heterocycles. The van der Waals surface area contributed by atoms with E-state index in [0.717, 1.165) is 54.5 Å². The van der Waals surface area contributed by atoms with Crippen LogP contribution >= 0.6 is 0 Å². The number of rotatable bonds is 7. The first-order valence-corrected chi connectivity index (χ1v) is 12.5. The summed E-state index contributed by atoms with van der Waals surface area (Å²) in [6.07, 6.45) is 8.70. The van der Waals surface area contributed by atoms with Crippen molar-refractivity contribution in [1.82, 2.24) is 29.5 Å². The number of nitrogens with one attached hydrogen (secondary N) is 1. The summed E-state index contributed by atoms with van der Waals surface area (Å²) in [5, 5.41) is 13.2. The molecular formula is C27H33N7O. The van der Waals surface area contributed by atoms with Crippen molar-refractivity contribution in [1.29, 1.82) is 5.26 Å². The molecule has 8 heteroatoms. The molecule has 0 aromatic carbocycles. The minimum absolute atomic E-state index is 0.295. The van der Waals surface area contributed by atoms with Crippen molar-refractivity contribution in [3.63, 3.8) is 0 Å². The lowest BCUT2D eigenvalue weighted by Crippen LogP contribution is -2.35. The number of ether oxygens (including phenoxy) is 1. The number of methoxy groups -OCH3 is 1. The van der Waals surface area contributed by atoms with Gasteiger partial charge in [0.25, 0.3) is 0 Å². The van der Waals surface area contributed by atoms with Gasteiger partial charge in [0.1, 0.15) is 6.33 Å². The second-order valence-electron chi connectivity index (χ2n) is 9.92. The van der Waals surface area contributed by atoms with Crippen LogP contribution in [0.5, 0.6) is 5.75 Å². The summed E-state index contributed by atoms with van der Waals surface area (Å²) in [5.74, 6) is 1.46. The second kappa shape index (κ2) is 9.67. The number of hydrogen-bond acceptors (Lipinski definition) is 6. The fourth-order valence-electron chi connectivity index (χ4n) is 5.52. The summed E-state index contributed by atoms with van der Waals surface area (Å²) in [5.41, 5.74) is 7.27. The standard InChI is InChI=1S/C27H33N7O/c1-17(2)24-25(19-14-23(35-4)27-29-16-30-34(27)15-19)32-22-11-10-21(31-26(22)24)18-6-8-20(9-7-18)33(3)13-5-12-28/h10-11,14-18,20,32H,5-9,13H2,1-4H3. The smallest absolute Gasteiger partial charge is 0.197 e. The van der Waals surface area contributed by atoms with Gasteiger partial charge in [-0.25, -0.2) is 9.50 Å². The van der Waals surface area contributed by atoms with Gasteiger partial charge in [0, 0.05) is 47.9 Å². The van der Waals surface area contributed by atoms with Crippen LogP contribution in [0.2, 0.25) is 0 Å². The molecule has 1 fully saturated rings. The van der Waals surface area contributed by atoms with Gasteiger partial charge in [-0.2, -0.15) is 10.4 Å². The summed E-state index contributed by atoms with van der Waals surface area (Å²) in [7, 11) is 3.81. The minimum Gasteiger partial charge on any atom is -0.493 e. The first-order chi connectivity index (χ1) is 17.0. The third-order valence-corrected chi connectivity index (χ3v) is 7.44. The van der Waals surface area contributed by atoms with Gasteiger partial charge in [-0.05, 0) is 56.8 Å². The van der Waals surface area contributed by atoms with Gasteiger partial charge in [0.15, 0.2) is 11.4 Å². The molecule has 4 heterocycles. The molecule has 0 atom stereocenters. The second-order valence-corrected chi connectivity index (χ2v) is 9.92. The van der Waals surface area contributed by atoms with Crippen molar-refractivity contribution >= 4 is 16.7 Å². The molecule has 1 N–H and O–H groups in total. The Morgan fingerprint density at radius 1 is 1.26 bits per heavy atom. The number of aromatic nitrogens is 5. The molecule has 35 heavy (non-hydrogen) atoms. The Kier molecular flexibility index (Phi) is 6.44. The van der Waals surface area contributed by atoms with E-state index in [1.807, 2.05) is 12.3 Å². The average molecular weight is 472 g/mol. The normalized spacial score (nSPS) is 18.5. The summed E-state index contributed by atoms with van der Waals surface area (Å²) >= 11 is 0. The largest absolute Gasteiger partial charge is 0.493 e. The molecule has 8 nitrogen and oxygen atoms in total. The van der Waals surface area contributed by atoms with E-state index in [1.165, 1.54) is 11.3 Å². The van der Waals surface area contributed by atoms with E-state index in [9.17, 15) is 0 Å². The van der Waals surface area contributed by atoms with Crippen LogP contribution in [0.15, 0.2) is 30.7 Å². The number of fused-ring (bicyclic) bond motifs is 2. The van der Waals surface area contributed by atoms with Gasteiger partial charge in [-0.15, -0.1) is 0 Å². The molecule has 1 saturated carbocycles. The van der Waals surface area contributed by atoms with Crippen LogP contribution in [0, 0.1) is 11.3 Å². The predicted molar refractivity (Wildman–Crippen MR) is 137 cm³/mol. The van der Waals surface area contributed by atoms with Gasteiger partial charge in [-0.1, -0.05) is 13.8 Å². The van der Waals surface area contributed by atoms with Crippen molar-refractivity contribution < 1.29 is 4.74 Å². The van der Waals surface area contributed by atoms with Gasteiger partial charge >= 0.3 is 0 Å². The van der Waals surface area contributed by atoms with E-state index in [1.54, 1.807) is 18.0 Å². The van der Waals surface area contributed by atoms with Gasteiger partial charge < -0.3 is 14.6 Å². The van der Waals surface area contributed by atoms with E-state index in [2.05, 4.69) is 59.1 Å². The van der Waals surface area contributed by atoms with Crippen LogP contribution in [0.25, 0.3) is 27.9 Å². The Hall–Kier alpha value is -3.44. The molecule has 0 saturated heterocycles. The SMILES string of the molecule is COc1cc(-c2[nH]c3ccc(C4CCC(N(C)CCC#N)CC4)nc3c2C(C)C)cn2ncnc12. The first-order valence-electron chi connectivity index (χ1n) is 12.5. The van der Waals surface area contributed by atoms with E-state index in [4.69, 9.17) is 15.0 Å². The summed E-state index contributed by atoms with van der Waals surface area (Å²) < 4.78 is 7.35. The fraction of sp³-hybridized carbons (Fsp3) is 0.481. The van der Waals surface area contributed by atoms with Crippen LogP contribution in [-0.4, -0.2) is 56.2 Å². The Morgan fingerprint density at radius 2 is 2.06 bits per heavy atom. The Morgan fingerprint density at radius 3 is 2.77 bits per heavy atom. The zero-order chi connectivity index (χ0) is 24.5. The minimum atomic E-state index is 0.295. The topological polar surface area (TPSA) is 95.1 Å². The molecule has 0 spiro atoms. The van der Waals surface area contributed by atoms with E-state index in [-0.39, 0.29) is 0 Å². The molecule has 182 valence electrons. The van der Waals surface area contributed by atoms with Crippen LogP contribution in [-0.2, 0) is 0 Å². The van der Waals surface area contributed by atoms with Crippen molar-refractivity contribution in [2.75, 3.05) is 20.7 Å². The highest BCUT2D eigenvalue weighted by Gasteiger charge is 2.27. The predicted octanol–water partition coefficient (Wildman–Crippen LogP) is 5.28. The maximum Gasteiger partial charge on any atom is 0.197 e. The quantitative estimate of drug-likeness (QED) is 0.394. The third-order valence-electron chi connectivity index (χ3n) is 7.44. The number of H-pyrrole nitrogens is 1. The number of aromatic amines is 1. The molecule has 4 aromatic heterocycles. The number of pyridine rings is 2. The molecule has 0 radical (unpaired) electrons.